The molecule has 26 heavy (non-hydrogen) atoms. The molecule has 0 spiro atoms. The van der Waals surface area contributed by atoms with E-state index in [9.17, 15) is 9.59 Å². The number of carbonyl (C=O) groups excluding carboxylic acids is 2. The van der Waals surface area contributed by atoms with E-state index in [1.54, 1.807) is 36.5 Å². The average Bonchev–Trinajstić information content (AvgIpc) is 2.97. The molecular weight excluding hydrogens is 330 g/mol. The van der Waals surface area contributed by atoms with E-state index >= 15 is 0 Å². The van der Waals surface area contributed by atoms with Crippen LogP contribution in [-0.4, -0.2) is 42.0 Å². The third-order valence-electron chi connectivity index (χ3n) is 4.46. The van der Waals surface area contributed by atoms with Crippen LogP contribution < -0.4 is 5.32 Å². The van der Waals surface area contributed by atoms with Gasteiger partial charge in [0.1, 0.15) is 5.82 Å². The number of hydrogen-bond donors (Lipinski definition) is 1. The number of aromatic nitrogens is 1. The second kappa shape index (κ2) is 8.47. The van der Waals surface area contributed by atoms with Crippen LogP contribution in [-0.2, 0) is 4.74 Å². The van der Waals surface area contributed by atoms with Gasteiger partial charge in [0.15, 0.2) is 0 Å². The van der Waals surface area contributed by atoms with E-state index in [2.05, 4.69) is 10.3 Å². The summed E-state index contributed by atoms with van der Waals surface area (Å²) in [6.45, 7) is 1.64. The van der Waals surface area contributed by atoms with Crippen LogP contribution in [0, 0.1) is 0 Å². The Hall–Kier alpha value is -2.89. The first-order valence-corrected chi connectivity index (χ1v) is 8.88. The normalized spacial score (nSPS) is 14.4. The van der Waals surface area contributed by atoms with Gasteiger partial charge in [-0.1, -0.05) is 18.9 Å². The summed E-state index contributed by atoms with van der Waals surface area (Å²) in [7, 11) is 1.35. The van der Waals surface area contributed by atoms with Crippen molar-refractivity contribution in [3.05, 3.63) is 53.7 Å². The lowest BCUT2D eigenvalue weighted by Gasteiger charge is -2.20. The maximum absolute atomic E-state index is 12.6. The molecule has 0 saturated carbocycles. The minimum atomic E-state index is -0.389. The fourth-order valence-electron chi connectivity index (χ4n) is 3.04. The second-order valence-electron chi connectivity index (χ2n) is 6.34. The Bertz CT molecular complexity index is 766. The van der Waals surface area contributed by atoms with Crippen molar-refractivity contribution in [2.45, 2.75) is 25.7 Å². The molecule has 6 heteroatoms. The smallest absolute Gasteiger partial charge is 0.337 e. The highest BCUT2D eigenvalue weighted by Gasteiger charge is 2.17. The monoisotopic (exact) mass is 353 g/mol. The first-order chi connectivity index (χ1) is 12.7. The fourth-order valence-corrected chi connectivity index (χ4v) is 3.04. The molecule has 0 unspecified atom stereocenters. The molecule has 1 aromatic heterocycles. The Morgan fingerprint density at radius 3 is 2.46 bits per heavy atom. The summed E-state index contributed by atoms with van der Waals surface area (Å²) >= 11 is 0. The average molecular weight is 353 g/mol. The predicted octanol–water partition coefficient (Wildman–Crippen LogP) is 3.63. The molecule has 0 atom stereocenters. The number of nitrogens with zero attached hydrogens (tertiary/aromatic N) is 2. The van der Waals surface area contributed by atoms with Gasteiger partial charge in [-0.2, -0.15) is 0 Å². The summed E-state index contributed by atoms with van der Waals surface area (Å²) in [4.78, 5) is 30.4. The second-order valence-corrected chi connectivity index (χ2v) is 6.34. The Morgan fingerprint density at radius 2 is 1.81 bits per heavy atom. The highest BCUT2D eigenvalue weighted by molar-refractivity contribution is 5.94. The van der Waals surface area contributed by atoms with E-state index < -0.39 is 0 Å². The van der Waals surface area contributed by atoms with Crippen molar-refractivity contribution >= 4 is 23.4 Å². The van der Waals surface area contributed by atoms with Gasteiger partial charge in [-0.15, -0.1) is 0 Å². The number of carbonyl (C=O) groups is 2. The van der Waals surface area contributed by atoms with Crippen LogP contribution in [0.4, 0.5) is 11.5 Å². The zero-order valence-corrected chi connectivity index (χ0v) is 14.9. The van der Waals surface area contributed by atoms with Gasteiger partial charge in [0, 0.05) is 25.0 Å². The van der Waals surface area contributed by atoms with Crippen molar-refractivity contribution < 1.29 is 14.3 Å². The molecule has 1 aliphatic rings. The highest BCUT2D eigenvalue weighted by atomic mass is 16.5. The maximum atomic E-state index is 12.6. The number of benzene rings is 1. The number of methoxy groups -OCH3 is 1. The van der Waals surface area contributed by atoms with Crippen molar-refractivity contribution in [3.63, 3.8) is 0 Å². The molecular formula is C20H23N3O3. The van der Waals surface area contributed by atoms with Crippen molar-refractivity contribution in [3.8, 4) is 0 Å². The van der Waals surface area contributed by atoms with Crippen LogP contribution in [0.1, 0.15) is 46.4 Å². The van der Waals surface area contributed by atoms with Crippen LogP contribution in [0.25, 0.3) is 0 Å². The molecule has 1 aromatic carbocycles. The van der Waals surface area contributed by atoms with Crippen LogP contribution in [0.5, 0.6) is 0 Å². The number of rotatable bonds is 4. The van der Waals surface area contributed by atoms with Crippen molar-refractivity contribution in [2.24, 2.45) is 0 Å². The molecule has 1 saturated heterocycles. The summed E-state index contributed by atoms with van der Waals surface area (Å²) in [5.74, 6) is 0.262. The Balaban J connectivity index is 1.68. The summed E-state index contributed by atoms with van der Waals surface area (Å²) in [6.07, 6.45) is 6.11. The summed E-state index contributed by atoms with van der Waals surface area (Å²) < 4.78 is 4.73. The van der Waals surface area contributed by atoms with Crippen LogP contribution in [0.2, 0.25) is 0 Å². The third-order valence-corrected chi connectivity index (χ3v) is 4.46. The number of nitrogens with one attached hydrogen (secondary N) is 1. The number of esters is 1. The minimum absolute atomic E-state index is 0.0404. The van der Waals surface area contributed by atoms with Gasteiger partial charge >= 0.3 is 5.97 Å². The molecule has 1 fully saturated rings. The molecule has 2 aromatic rings. The molecule has 1 aliphatic heterocycles. The zero-order chi connectivity index (χ0) is 18.4. The summed E-state index contributed by atoms with van der Waals surface area (Å²) in [5, 5.41) is 3.14. The molecule has 0 radical (unpaired) electrons. The Labute approximate surface area is 153 Å². The number of ether oxygens (including phenoxy) is 1. The van der Waals surface area contributed by atoms with Gasteiger partial charge in [0.25, 0.3) is 5.91 Å². The number of likely N-dealkylation sites (tertiary alicyclic amines) is 1. The minimum Gasteiger partial charge on any atom is -0.465 e. The first kappa shape index (κ1) is 17.9. The summed E-state index contributed by atoms with van der Waals surface area (Å²) in [6, 6.07) is 10.6. The van der Waals surface area contributed by atoms with Gasteiger partial charge in [0.05, 0.1) is 18.2 Å². The Kier molecular flexibility index (Phi) is 5.84. The SMILES string of the molecule is COC(=O)c1cccc(Nc2ccc(C(=O)N3CCCCCC3)cn2)c1. The zero-order valence-electron chi connectivity index (χ0n) is 14.9. The van der Waals surface area contributed by atoms with Gasteiger partial charge in [-0.05, 0) is 43.2 Å². The van der Waals surface area contributed by atoms with Gasteiger partial charge in [-0.3, -0.25) is 4.79 Å². The predicted molar refractivity (Wildman–Crippen MR) is 99.7 cm³/mol. The first-order valence-electron chi connectivity index (χ1n) is 8.88. The summed E-state index contributed by atoms with van der Waals surface area (Å²) in [5.41, 5.74) is 1.79. The van der Waals surface area contributed by atoms with Crippen molar-refractivity contribution in [1.82, 2.24) is 9.88 Å². The van der Waals surface area contributed by atoms with Gasteiger partial charge in [0.2, 0.25) is 0 Å². The highest BCUT2D eigenvalue weighted by Crippen LogP contribution is 2.18. The van der Waals surface area contributed by atoms with Crippen molar-refractivity contribution in [2.75, 3.05) is 25.5 Å². The van der Waals surface area contributed by atoms with E-state index in [1.165, 1.54) is 20.0 Å². The number of hydrogen-bond acceptors (Lipinski definition) is 5. The van der Waals surface area contributed by atoms with Crippen LogP contribution >= 0.6 is 0 Å². The Morgan fingerprint density at radius 1 is 1.04 bits per heavy atom. The molecule has 136 valence electrons. The van der Waals surface area contributed by atoms with Crippen LogP contribution in [0.15, 0.2) is 42.6 Å². The van der Waals surface area contributed by atoms with E-state index in [0.29, 0.717) is 16.9 Å². The van der Waals surface area contributed by atoms with E-state index in [0.717, 1.165) is 31.6 Å². The van der Waals surface area contributed by atoms with Gasteiger partial charge < -0.3 is 15.0 Å². The molecule has 0 aliphatic carbocycles. The topological polar surface area (TPSA) is 71.5 Å². The number of anilines is 2. The molecule has 0 bridgehead atoms. The van der Waals surface area contributed by atoms with Crippen LogP contribution in [0.3, 0.4) is 0 Å². The fraction of sp³-hybridized carbons (Fsp3) is 0.350. The molecule has 1 N–H and O–H groups in total. The molecule has 2 heterocycles. The maximum Gasteiger partial charge on any atom is 0.337 e. The number of pyridine rings is 1. The lowest BCUT2D eigenvalue weighted by Crippen LogP contribution is -2.31. The molecule has 1 amide bonds. The largest absolute Gasteiger partial charge is 0.465 e. The lowest BCUT2D eigenvalue weighted by atomic mass is 10.2. The standard InChI is InChI=1S/C20H23N3O3/c1-26-20(25)15-7-6-8-17(13-15)22-18-10-9-16(14-21-18)19(24)23-11-4-2-3-5-12-23/h6-10,13-14H,2-5,11-12H2,1H3,(H,21,22). The third kappa shape index (κ3) is 4.39. The van der Waals surface area contributed by atoms with Gasteiger partial charge in [-0.25, -0.2) is 9.78 Å². The molecule has 6 nitrogen and oxygen atoms in total. The van der Waals surface area contributed by atoms with Crippen molar-refractivity contribution in [1.29, 1.82) is 0 Å². The quantitative estimate of drug-likeness (QED) is 0.850. The lowest BCUT2D eigenvalue weighted by molar-refractivity contribution is 0.0600. The molecule has 3 rings (SSSR count). The van der Waals surface area contributed by atoms with E-state index in [1.807, 2.05) is 11.0 Å². The van der Waals surface area contributed by atoms with E-state index in [-0.39, 0.29) is 11.9 Å². The van der Waals surface area contributed by atoms with E-state index in [4.69, 9.17) is 4.74 Å². The number of amides is 1.